The normalized spacial score (nSPS) is 27.2. The molecule has 0 bridgehead atoms. The van der Waals surface area contributed by atoms with Gasteiger partial charge in [0.25, 0.3) is 0 Å². The number of H-pyrrole nitrogens is 1. The summed E-state index contributed by atoms with van der Waals surface area (Å²) in [6.07, 6.45) is -2.76. The Morgan fingerprint density at radius 3 is 2.65 bits per heavy atom. The van der Waals surface area contributed by atoms with Gasteiger partial charge in [-0.15, -0.1) is 0 Å². The molecule has 3 rings (SSSR count). The molecule has 2 aromatic heterocycles. The fraction of sp³-hybridized carbons (Fsp3) is 0.500. The van der Waals surface area contributed by atoms with E-state index in [1.165, 1.54) is 10.9 Å². The third-order valence-corrected chi connectivity index (χ3v) is 3.58. The second-order valence-corrected chi connectivity index (χ2v) is 15.0. The summed E-state index contributed by atoms with van der Waals surface area (Å²) in [7, 11) is 0. The maximum atomic E-state index is 10.0. The second kappa shape index (κ2) is 8.43. The van der Waals surface area contributed by atoms with E-state index in [1.807, 2.05) is 0 Å². The van der Waals surface area contributed by atoms with Crippen molar-refractivity contribution in [2.24, 2.45) is 0 Å². The Kier molecular flexibility index (Phi) is 7.11. The van der Waals surface area contributed by atoms with Crippen LogP contribution in [-0.2, 0) is 31.4 Å². The molecule has 132 valence electrons. The molecule has 4 atom stereocenters. The zero-order chi connectivity index (χ0) is 17.1. The number of rotatable bonds is 2. The van der Waals surface area contributed by atoms with Crippen LogP contribution in [0.5, 0.6) is 0 Å². The van der Waals surface area contributed by atoms with Crippen molar-refractivity contribution in [3.8, 4) is 0 Å². The van der Waals surface area contributed by atoms with Crippen LogP contribution < -0.4 is 5.73 Å². The number of nitrogens with one attached hydrogen (secondary N) is 1. The number of fused-ring (bicyclic) bond motifs is 1. The molecular weight excluding hydrogens is 641 g/mol. The summed E-state index contributed by atoms with van der Waals surface area (Å²) in [6, 6.07) is 0. The molecule has 0 amide bonds. The van der Waals surface area contributed by atoms with Crippen molar-refractivity contribution in [1.82, 2.24) is 19.5 Å². The molecule has 0 spiro atoms. The Balaban J connectivity index is 0.000000595. The number of ether oxygens (including phenoxy) is 1. The van der Waals surface area contributed by atoms with E-state index < -0.39 is 31.1 Å². The number of nitrogens with two attached hydrogens (primary N) is 1. The van der Waals surface area contributed by atoms with Crippen LogP contribution >= 0.6 is 26.6 Å². The van der Waals surface area contributed by atoms with Crippen LogP contribution in [0.25, 0.3) is 11.2 Å². The van der Waals surface area contributed by atoms with E-state index in [0.29, 0.717) is 15.8 Å². The van der Waals surface area contributed by atoms with Gasteiger partial charge >= 0.3 is 45.7 Å². The Bertz CT molecular complexity index is 731. The number of aromatic nitrogens is 4. The minimum atomic E-state index is -1.21. The Morgan fingerprint density at radius 1 is 1.43 bits per heavy atom. The quantitative estimate of drug-likeness (QED) is 0.166. The predicted molar refractivity (Wildman–Crippen MR) is 89.2 cm³/mol. The molecule has 0 saturated carbocycles. The summed E-state index contributed by atoms with van der Waals surface area (Å²) in [5, 5.41) is 28.9. The Morgan fingerprint density at radius 2 is 2.09 bits per heavy atom. The maximum absolute atomic E-state index is 10.0. The van der Waals surface area contributed by atoms with E-state index in [9.17, 15) is 10.2 Å². The molecule has 1 aliphatic heterocycles. The second-order valence-electron chi connectivity index (χ2n) is 4.57. The third kappa shape index (κ3) is 4.01. The zero-order valence-corrected chi connectivity index (χ0v) is 17.6. The molecule has 23 heavy (non-hydrogen) atoms. The van der Waals surface area contributed by atoms with Crippen LogP contribution in [0.15, 0.2) is 6.33 Å². The molecule has 6 N–H and O–H groups in total. The van der Waals surface area contributed by atoms with Crippen LogP contribution in [0.3, 0.4) is 0 Å². The summed E-state index contributed by atoms with van der Waals surface area (Å²) in [4.78, 5) is 10.9. The number of aromatic amines is 1. The van der Waals surface area contributed by atoms with Gasteiger partial charge in [-0.25, -0.2) is 4.98 Å². The van der Waals surface area contributed by atoms with Crippen molar-refractivity contribution in [2.75, 3.05) is 12.3 Å². The molecule has 0 unspecified atom stereocenters. The van der Waals surface area contributed by atoms with Crippen LogP contribution in [-0.4, -0.2) is 59.8 Å². The minimum absolute atomic E-state index is 0.135. The molecule has 13 heteroatoms. The van der Waals surface area contributed by atoms with Gasteiger partial charge < -0.3 is 25.8 Å². The summed E-state index contributed by atoms with van der Waals surface area (Å²) < 4.78 is 7.30. The van der Waals surface area contributed by atoms with E-state index in [-0.39, 0.29) is 20.4 Å². The molecule has 1 fully saturated rings. The molecule has 9 nitrogen and oxygen atoms in total. The SMILES string of the molecule is Nc1nc2c(ncn2[C@H]2O[C@H](CO)[C@@H](O)[C@@H]2O)c(=[SH+])[nH]1.[Br][Pt][Br]. The number of nitrogen functional groups attached to an aromatic ring is 1. The molecule has 0 radical (unpaired) electrons. The van der Waals surface area contributed by atoms with Crippen molar-refractivity contribution in [3.63, 3.8) is 0 Å². The number of aliphatic hydroxyl groups is 3. The van der Waals surface area contributed by atoms with Gasteiger partial charge in [0, 0.05) is 0 Å². The van der Waals surface area contributed by atoms with Gasteiger partial charge in [0.2, 0.25) is 5.95 Å². The fourth-order valence-corrected chi connectivity index (χ4v) is 2.52. The first-order valence-corrected chi connectivity index (χ1v) is 16.5. The monoisotopic (exact) mass is 653 g/mol. The van der Waals surface area contributed by atoms with Gasteiger partial charge in [0.05, 0.1) is 12.9 Å². The van der Waals surface area contributed by atoms with Gasteiger partial charge in [0.1, 0.15) is 18.3 Å². The van der Waals surface area contributed by atoms with E-state index in [1.54, 1.807) is 0 Å². The predicted octanol–water partition coefficient (Wildman–Crippen LogP) is -0.547. The third-order valence-electron chi connectivity index (χ3n) is 3.26. The molecule has 0 aliphatic carbocycles. The number of aliphatic hydroxyl groups excluding tert-OH is 3. The summed E-state index contributed by atoms with van der Waals surface area (Å²) in [5.41, 5.74) is 6.44. The summed E-state index contributed by atoms with van der Waals surface area (Å²) in [5.74, 6) is 0.135. The number of imidazole rings is 1. The Hall–Kier alpha value is 0.0583. The number of hydrogen-bond acceptors (Lipinski definition) is 7. The fourth-order valence-electron chi connectivity index (χ4n) is 2.25. The van der Waals surface area contributed by atoms with Crippen molar-refractivity contribution >= 4 is 55.9 Å². The molecule has 0 aromatic carbocycles. The first kappa shape index (κ1) is 19.4. The standard InChI is InChI=1S/C10H13N5O4S.2BrH.Pt/c11-10-13-7-4(8(20)14-10)12-2-15(7)9-6(18)5(17)3(1-16)19-9;;;/h2-3,5-6,9,16-18H,1H2,(H3,11,13,14,20);2*1H;/q;;;+2/p-1/t3-,5-,6+,9+;;;/m1.../s1. The van der Waals surface area contributed by atoms with Crippen molar-refractivity contribution in [1.29, 1.82) is 0 Å². The first-order valence-electron chi connectivity index (χ1n) is 6.13. The van der Waals surface area contributed by atoms with E-state index in [2.05, 4.69) is 53.8 Å². The van der Waals surface area contributed by atoms with Crippen LogP contribution in [0.2, 0.25) is 0 Å². The topological polar surface area (TPSA) is 142 Å². The van der Waals surface area contributed by atoms with Gasteiger partial charge in [-0.1, -0.05) is 0 Å². The molecule has 3 heterocycles. The first-order chi connectivity index (χ1) is 10.9. The number of thiol groups is 1. The number of halogens is 2. The van der Waals surface area contributed by atoms with Crippen LogP contribution in [0, 0.1) is 4.64 Å². The van der Waals surface area contributed by atoms with Gasteiger partial charge in [-0.2, -0.15) is 4.98 Å². The summed E-state index contributed by atoms with van der Waals surface area (Å²) in [6.45, 7) is -0.400. The van der Waals surface area contributed by atoms with Gasteiger partial charge in [-0.3, -0.25) is 9.55 Å². The zero-order valence-electron chi connectivity index (χ0n) is 11.3. The summed E-state index contributed by atoms with van der Waals surface area (Å²) >= 11 is 10.8. The van der Waals surface area contributed by atoms with E-state index in [0.717, 1.165) is 0 Å². The van der Waals surface area contributed by atoms with Crippen LogP contribution in [0.1, 0.15) is 6.23 Å². The number of hydrogen-bond donors (Lipinski definition) is 5. The number of anilines is 1. The average Bonchev–Trinajstić information content (AvgIpc) is 3.03. The van der Waals surface area contributed by atoms with Gasteiger partial charge in [-0.05, 0) is 0 Å². The van der Waals surface area contributed by atoms with Crippen molar-refractivity contribution < 1.29 is 34.5 Å². The van der Waals surface area contributed by atoms with Gasteiger partial charge in [0.15, 0.2) is 29.6 Å². The average molecular weight is 655 g/mol. The number of nitrogens with zero attached hydrogens (tertiary/aromatic N) is 3. The van der Waals surface area contributed by atoms with Crippen molar-refractivity contribution in [3.05, 3.63) is 11.0 Å². The van der Waals surface area contributed by atoms with E-state index in [4.69, 9.17) is 15.6 Å². The molecular formula is C10H14Br2N5O4PtS+. The molecule has 1 aliphatic rings. The van der Waals surface area contributed by atoms with E-state index >= 15 is 0 Å². The van der Waals surface area contributed by atoms with Crippen LogP contribution in [0.4, 0.5) is 5.95 Å². The van der Waals surface area contributed by atoms with Crippen molar-refractivity contribution in [2.45, 2.75) is 24.5 Å². The molecule has 2 aromatic rings. The Labute approximate surface area is 157 Å². The molecule has 1 saturated heterocycles.